The molecule has 6 nitrogen and oxygen atoms in total. The second kappa shape index (κ2) is 5.71. The molecule has 1 heterocycles. The van der Waals surface area contributed by atoms with Crippen LogP contribution in [-0.4, -0.2) is 27.0 Å². The first-order valence-electron chi connectivity index (χ1n) is 5.11. The Morgan fingerprint density at radius 2 is 2.22 bits per heavy atom. The van der Waals surface area contributed by atoms with E-state index in [2.05, 4.69) is 11.2 Å². The van der Waals surface area contributed by atoms with E-state index in [4.69, 9.17) is 15.0 Å². The van der Waals surface area contributed by atoms with Gasteiger partial charge in [0.2, 0.25) is 5.09 Å². The van der Waals surface area contributed by atoms with E-state index in [0.29, 0.717) is 0 Å². The van der Waals surface area contributed by atoms with Crippen LogP contribution in [0.5, 0.6) is 0 Å². The SMILES string of the molecule is C#CCNC(=O)c1ccc(S(=O)(=O)OC(C)C)o1. The highest BCUT2D eigenvalue weighted by Gasteiger charge is 2.23. The molecule has 0 aromatic carbocycles. The topological polar surface area (TPSA) is 85.6 Å². The van der Waals surface area contributed by atoms with Gasteiger partial charge in [0, 0.05) is 0 Å². The van der Waals surface area contributed by atoms with Crippen LogP contribution < -0.4 is 5.32 Å². The molecule has 0 saturated heterocycles. The predicted octanol–water partition coefficient (Wildman–Crippen LogP) is 0.756. The number of amides is 1. The maximum absolute atomic E-state index is 11.6. The normalized spacial score (nSPS) is 11.2. The van der Waals surface area contributed by atoms with Crippen molar-refractivity contribution in [3.05, 3.63) is 17.9 Å². The summed E-state index contributed by atoms with van der Waals surface area (Å²) in [5.41, 5.74) is 0. The zero-order valence-electron chi connectivity index (χ0n) is 9.97. The Bertz CT molecular complexity index is 564. The zero-order valence-corrected chi connectivity index (χ0v) is 10.8. The van der Waals surface area contributed by atoms with Gasteiger partial charge in [0.25, 0.3) is 5.91 Å². The van der Waals surface area contributed by atoms with Gasteiger partial charge in [0.1, 0.15) is 0 Å². The van der Waals surface area contributed by atoms with Crippen LogP contribution in [0.3, 0.4) is 0 Å². The van der Waals surface area contributed by atoms with Crippen LogP contribution in [0.2, 0.25) is 0 Å². The fraction of sp³-hybridized carbons (Fsp3) is 0.364. The summed E-state index contributed by atoms with van der Waals surface area (Å²) in [5, 5.41) is 1.93. The van der Waals surface area contributed by atoms with Gasteiger partial charge in [-0.3, -0.25) is 8.98 Å². The van der Waals surface area contributed by atoms with Crippen LogP contribution in [0.25, 0.3) is 0 Å². The summed E-state index contributed by atoms with van der Waals surface area (Å²) >= 11 is 0. The van der Waals surface area contributed by atoms with Gasteiger partial charge in [-0.15, -0.1) is 6.42 Å². The number of terminal acetylenes is 1. The van der Waals surface area contributed by atoms with E-state index in [0.717, 1.165) is 6.07 Å². The number of carbonyl (C=O) groups is 1. The van der Waals surface area contributed by atoms with E-state index in [1.807, 2.05) is 0 Å². The molecular formula is C11H13NO5S. The highest BCUT2D eigenvalue weighted by molar-refractivity contribution is 7.86. The van der Waals surface area contributed by atoms with Gasteiger partial charge in [-0.2, -0.15) is 8.42 Å². The highest BCUT2D eigenvalue weighted by atomic mass is 32.2. The van der Waals surface area contributed by atoms with Gasteiger partial charge in [0.15, 0.2) is 5.76 Å². The van der Waals surface area contributed by atoms with Gasteiger partial charge >= 0.3 is 10.1 Å². The number of hydrogen-bond donors (Lipinski definition) is 1. The predicted molar refractivity (Wildman–Crippen MR) is 63.3 cm³/mol. The van der Waals surface area contributed by atoms with Crippen LogP contribution in [0, 0.1) is 12.3 Å². The van der Waals surface area contributed by atoms with E-state index < -0.39 is 27.2 Å². The Kier molecular flexibility index (Phi) is 4.53. The largest absolute Gasteiger partial charge is 0.437 e. The minimum atomic E-state index is -3.98. The number of rotatable bonds is 5. The first kappa shape index (κ1) is 14.3. The third kappa shape index (κ3) is 3.61. The fourth-order valence-electron chi connectivity index (χ4n) is 1.10. The third-order valence-electron chi connectivity index (χ3n) is 1.72. The van der Waals surface area contributed by atoms with Crippen LogP contribution in [0.4, 0.5) is 0 Å². The minimum Gasteiger partial charge on any atom is -0.437 e. The lowest BCUT2D eigenvalue weighted by molar-refractivity contribution is 0.0925. The number of hydrogen-bond acceptors (Lipinski definition) is 5. The Labute approximate surface area is 105 Å². The van der Waals surface area contributed by atoms with E-state index in [9.17, 15) is 13.2 Å². The molecule has 1 aromatic rings. The molecule has 0 aliphatic carbocycles. The molecule has 0 radical (unpaired) electrons. The lowest BCUT2D eigenvalue weighted by Gasteiger charge is -2.05. The van der Waals surface area contributed by atoms with E-state index in [1.54, 1.807) is 13.8 Å². The molecule has 0 atom stereocenters. The molecule has 1 N–H and O–H groups in total. The third-order valence-corrected chi connectivity index (χ3v) is 3.07. The van der Waals surface area contributed by atoms with Crippen LogP contribution in [0.15, 0.2) is 21.6 Å². The molecule has 0 aliphatic heterocycles. The average molecular weight is 271 g/mol. The molecule has 0 unspecified atom stereocenters. The molecule has 7 heteroatoms. The summed E-state index contributed by atoms with van der Waals surface area (Å²) in [6, 6.07) is 2.39. The van der Waals surface area contributed by atoms with E-state index >= 15 is 0 Å². The fourth-order valence-corrected chi connectivity index (χ4v) is 2.12. The summed E-state index contributed by atoms with van der Waals surface area (Å²) in [6.45, 7) is 3.17. The van der Waals surface area contributed by atoms with Crippen molar-refractivity contribution < 1.29 is 21.8 Å². The van der Waals surface area contributed by atoms with Crippen molar-refractivity contribution in [2.24, 2.45) is 0 Å². The van der Waals surface area contributed by atoms with Crippen molar-refractivity contribution >= 4 is 16.0 Å². The van der Waals surface area contributed by atoms with Gasteiger partial charge in [-0.25, -0.2) is 0 Å². The van der Waals surface area contributed by atoms with Gasteiger partial charge in [-0.1, -0.05) is 5.92 Å². The monoisotopic (exact) mass is 271 g/mol. The van der Waals surface area contributed by atoms with E-state index in [1.165, 1.54) is 6.07 Å². The maximum Gasteiger partial charge on any atom is 0.330 e. The summed E-state index contributed by atoms with van der Waals surface area (Å²) in [5.74, 6) is 1.49. The van der Waals surface area contributed by atoms with Crippen molar-refractivity contribution in [2.45, 2.75) is 25.0 Å². The van der Waals surface area contributed by atoms with E-state index in [-0.39, 0.29) is 12.3 Å². The van der Waals surface area contributed by atoms with Gasteiger partial charge in [-0.05, 0) is 26.0 Å². The molecule has 1 rings (SSSR count). The molecule has 0 bridgehead atoms. The zero-order chi connectivity index (χ0) is 13.8. The van der Waals surface area contributed by atoms with Crippen molar-refractivity contribution in [1.29, 1.82) is 0 Å². The lowest BCUT2D eigenvalue weighted by Crippen LogP contribution is -2.22. The van der Waals surface area contributed by atoms with Crippen molar-refractivity contribution in [2.75, 3.05) is 6.54 Å². The number of nitrogens with one attached hydrogen (secondary N) is 1. The summed E-state index contributed by atoms with van der Waals surface area (Å²) < 4.78 is 32.9. The summed E-state index contributed by atoms with van der Waals surface area (Å²) in [6.07, 6.45) is 4.46. The highest BCUT2D eigenvalue weighted by Crippen LogP contribution is 2.17. The summed E-state index contributed by atoms with van der Waals surface area (Å²) in [4.78, 5) is 11.4. The second-order valence-electron chi connectivity index (χ2n) is 3.60. The Morgan fingerprint density at radius 3 is 2.78 bits per heavy atom. The summed E-state index contributed by atoms with van der Waals surface area (Å²) in [7, 11) is -3.98. The Balaban J connectivity index is 2.87. The van der Waals surface area contributed by atoms with Crippen molar-refractivity contribution in [3.63, 3.8) is 0 Å². The molecule has 1 aromatic heterocycles. The second-order valence-corrected chi connectivity index (χ2v) is 5.11. The molecule has 1 amide bonds. The molecule has 0 fully saturated rings. The molecule has 98 valence electrons. The first-order valence-corrected chi connectivity index (χ1v) is 6.52. The van der Waals surface area contributed by atoms with Crippen molar-refractivity contribution in [3.8, 4) is 12.3 Å². The van der Waals surface area contributed by atoms with Crippen LogP contribution in [0.1, 0.15) is 24.4 Å². The molecule has 18 heavy (non-hydrogen) atoms. The smallest absolute Gasteiger partial charge is 0.330 e. The van der Waals surface area contributed by atoms with Gasteiger partial charge in [0.05, 0.1) is 12.6 Å². The lowest BCUT2D eigenvalue weighted by atomic mass is 10.4. The number of furan rings is 1. The molecule has 0 saturated carbocycles. The number of carbonyl (C=O) groups excluding carboxylic acids is 1. The van der Waals surface area contributed by atoms with Crippen LogP contribution in [-0.2, 0) is 14.3 Å². The molecular weight excluding hydrogens is 258 g/mol. The van der Waals surface area contributed by atoms with Crippen molar-refractivity contribution in [1.82, 2.24) is 5.32 Å². The molecule has 0 aliphatic rings. The quantitative estimate of drug-likeness (QED) is 0.631. The maximum atomic E-state index is 11.6. The first-order chi connectivity index (χ1) is 8.36. The standard InChI is InChI=1S/C11H13NO5S/c1-4-7-12-11(13)9-5-6-10(16-9)18(14,15)17-8(2)3/h1,5-6,8H,7H2,2-3H3,(H,12,13). The Morgan fingerprint density at radius 1 is 1.56 bits per heavy atom. The molecule has 0 spiro atoms. The van der Waals surface area contributed by atoms with Gasteiger partial charge < -0.3 is 9.73 Å². The average Bonchev–Trinajstić information content (AvgIpc) is 2.74. The Hall–Kier alpha value is -1.78. The van der Waals surface area contributed by atoms with Crippen LogP contribution >= 0.6 is 0 Å². The minimum absolute atomic E-state index is 0.0319.